The highest BCUT2D eigenvalue weighted by molar-refractivity contribution is 7.89. The topological polar surface area (TPSA) is 113 Å². The van der Waals surface area contributed by atoms with Crippen molar-refractivity contribution in [2.45, 2.75) is 36.5 Å². The van der Waals surface area contributed by atoms with Gasteiger partial charge >= 0.3 is 0 Å². The molecule has 1 heterocycles. The Kier molecular flexibility index (Phi) is 7.78. The summed E-state index contributed by atoms with van der Waals surface area (Å²) in [6, 6.07) is 9.94. The molecule has 0 radical (unpaired) electrons. The fourth-order valence-electron chi connectivity index (χ4n) is 3.71. The van der Waals surface area contributed by atoms with Gasteiger partial charge < -0.3 is 10.1 Å². The standard InChI is InChI=1S/C22H29N3O6S2/c1-4-24(5-2)33(29,30)19-12-13-21(31-3)20(16-19)23-22(26)17-8-10-18(11-9-17)32(27,28)25-14-6-7-15-25/h8-13,16H,4-7,14-15H2,1-3H3,(H,23,26). The number of nitrogens with zero attached hydrogens (tertiary/aromatic N) is 2. The summed E-state index contributed by atoms with van der Waals surface area (Å²) in [6.45, 7) is 5.13. The summed E-state index contributed by atoms with van der Waals surface area (Å²) in [7, 11) is -5.88. The molecular weight excluding hydrogens is 466 g/mol. The molecule has 3 rings (SSSR count). The van der Waals surface area contributed by atoms with Gasteiger partial charge in [0, 0.05) is 31.7 Å². The van der Waals surface area contributed by atoms with E-state index in [9.17, 15) is 21.6 Å². The monoisotopic (exact) mass is 495 g/mol. The summed E-state index contributed by atoms with van der Waals surface area (Å²) in [5.74, 6) is -0.217. The zero-order valence-corrected chi connectivity index (χ0v) is 20.6. The maximum atomic E-state index is 12.9. The van der Waals surface area contributed by atoms with Crippen molar-refractivity contribution in [2.75, 3.05) is 38.6 Å². The molecule has 1 N–H and O–H groups in total. The van der Waals surface area contributed by atoms with Crippen LogP contribution in [0.3, 0.4) is 0 Å². The number of carbonyl (C=O) groups is 1. The fraction of sp³-hybridized carbons (Fsp3) is 0.409. The van der Waals surface area contributed by atoms with Crippen LogP contribution in [0.5, 0.6) is 5.75 Å². The van der Waals surface area contributed by atoms with Crippen LogP contribution in [0.2, 0.25) is 0 Å². The first-order valence-electron chi connectivity index (χ1n) is 10.7. The molecule has 0 spiro atoms. The van der Waals surface area contributed by atoms with Crippen LogP contribution in [0.15, 0.2) is 52.3 Å². The van der Waals surface area contributed by atoms with Gasteiger partial charge in [0.2, 0.25) is 20.0 Å². The van der Waals surface area contributed by atoms with Gasteiger partial charge in [-0.1, -0.05) is 13.8 Å². The van der Waals surface area contributed by atoms with Crippen LogP contribution in [0.25, 0.3) is 0 Å². The van der Waals surface area contributed by atoms with E-state index < -0.39 is 26.0 Å². The van der Waals surface area contributed by atoms with Crippen molar-refractivity contribution in [3.63, 3.8) is 0 Å². The average Bonchev–Trinajstić information content (AvgIpc) is 3.36. The number of rotatable bonds is 9. The zero-order valence-electron chi connectivity index (χ0n) is 18.9. The number of methoxy groups -OCH3 is 1. The number of benzene rings is 2. The van der Waals surface area contributed by atoms with Gasteiger partial charge in [-0.05, 0) is 55.3 Å². The Morgan fingerprint density at radius 1 is 0.970 bits per heavy atom. The van der Waals surface area contributed by atoms with E-state index in [0.717, 1.165) is 12.8 Å². The molecule has 1 aliphatic heterocycles. The van der Waals surface area contributed by atoms with E-state index in [1.807, 2.05) is 0 Å². The molecule has 0 saturated carbocycles. The largest absolute Gasteiger partial charge is 0.495 e. The third kappa shape index (κ3) is 5.21. The smallest absolute Gasteiger partial charge is 0.255 e. The second kappa shape index (κ2) is 10.2. The van der Waals surface area contributed by atoms with Crippen molar-refractivity contribution in [1.82, 2.24) is 8.61 Å². The predicted molar refractivity (Wildman–Crippen MR) is 125 cm³/mol. The van der Waals surface area contributed by atoms with Crippen molar-refractivity contribution in [1.29, 1.82) is 0 Å². The van der Waals surface area contributed by atoms with Gasteiger partial charge in [-0.15, -0.1) is 0 Å². The SMILES string of the molecule is CCN(CC)S(=O)(=O)c1ccc(OC)c(NC(=O)c2ccc(S(=O)(=O)N3CCCC3)cc2)c1. The Morgan fingerprint density at radius 3 is 2.09 bits per heavy atom. The van der Waals surface area contributed by atoms with Gasteiger partial charge in [0.15, 0.2) is 0 Å². The van der Waals surface area contributed by atoms with E-state index in [4.69, 9.17) is 4.74 Å². The van der Waals surface area contributed by atoms with Crippen molar-refractivity contribution in [3.8, 4) is 5.75 Å². The van der Waals surface area contributed by atoms with Crippen molar-refractivity contribution < 1.29 is 26.4 Å². The van der Waals surface area contributed by atoms with Gasteiger partial charge in [0.25, 0.3) is 5.91 Å². The normalized spacial score (nSPS) is 15.0. The number of carbonyl (C=O) groups excluding carboxylic acids is 1. The summed E-state index contributed by atoms with van der Waals surface area (Å²) in [6.07, 6.45) is 1.68. The van der Waals surface area contributed by atoms with Crippen LogP contribution in [-0.4, -0.2) is 64.6 Å². The van der Waals surface area contributed by atoms with Gasteiger partial charge in [0.1, 0.15) is 5.75 Å². The number of amides is 1. The molecule has 0 aromatic heterocycles. The minimum atomic E-state index is -3.72. The molecule has 2 aromatic carbocycles. The highest BCUT2D eigenvalue weighted by atomic mass is 32.2. The number of anilines is 1. The van der Waals surface area contributed by atoms with E-state index in [-0.39, 0.29) is 21.0 Å². The van der Waals surface area contributed by atoms with E-state index in [0.29, 0.717) is 31.9 Å². The molecule has 1 fully saturated rings. The Morgan fingerprint density at radius 2 is 1.55 bits per heavy atom. The summed E-state index contributed by atoms with van der Waals surface area (Å²) >= 11 is 0. The molecule has 33 heavy (non-hydrogen) atoms. The van der Waals surface area contributed by atoms with Crippen LogP contribution in [-0.2, 0) is 20.0 Å². The van der Waals surface area contributed by atoms with Crippen molar-refractivity contribution >= 4 is 31.6 Å². The Bertz CT molecular complexity index is 1200. The average molecular weight is 496 g/mol. The lowest BCUT2D eigenvalue weighted by atomic mass is 10.2. The number of hydrogen-bond acceptors (Lipinski definition) is 6. The molecule has 0 atom stereocenters. The number of nitrogens with one attached hydrogen (secondary N) is 1. The summed E-state index contributed by atoms with van der Waals surface area (Å²) in [5, 5.41) is 2.67. The second-order valence-electron chi connectivity index (χ2n) is 7.54. The van der Waals surface area contributed by atoms with E-state index in [1.54, 1.807) is 13.8 Å². The maximum Gasteiger partial charge on any atom is 0.255 e. The van der Waals surface area contributed by atoms with Crippen molar-refractivity contribution in [3.05, 3.63) is 48.0 Å². The minimum absolute atomic E-state index is 0.0364. The highest BCUT2D eigenvalue weighted by Gasteiger charge is 2.27. The molecule has 2 aromatic rings. The Hall–Kier alpha value is -2.47. The molecule has 0 bridgehead atoms. The fourth-order valence-corrected chi connectivity index (χ4v) is 6.71. The van der Waals surface area contributed by atoms with E-state index >= 15 is 0 Å². The van der Waals surface area contributed by atoms with Crippen molar-refractivity contribution in [2.24, 2.45) is 0 Å². The molecular formula is C22H29N3O6S2. The van der Waals surface area contributed by atoms with Crippen LogP contribution in [0.1, 0.15) is 37.0 Å². The first kappa shape index (κ1) is 25.2. The molecule has 0 aliphatic carbocycles. The van der Waals surface area contributed by atoms with Gasteiger partial charge in [-0.25, -0.2) is 16.8 Å². The summed E-state index contributed by atoms with van der Waals surface area (Å²) < 4.78 is 59.1. The first-order valence-corrected chi connectivity index (χ1v) is 13.6. The van der Waals surface area contributed by atoms with E-state index in [2.05, 4.69) is 5.32 Å². The highest BCUT2D eigenvalue weighted by Crippen LogP contribution is 2.29. The second-order valence-corrected chi connectivity index (χ2v) is 11.4. The van der Waals surface area contributed by atoms with E-state index in [1.165, 1.54) is 58.2 Å². The first-order chi connectivity index (χ1) is 15.6. The summed E-state index contributed by atoms with van der Waals surface area (Å²) in [4.78, 5) is 13.0. The van der Waals surface area contributed by atoms with Crippen LogP contribution >= 0.6 is 0 Å². The van der Waals surface area contributed by atoms with Gasteiger partial charge in [0.05, 0.1) is 22.6 Å². The minimum Gasteiger partial charge on any atom is -0.495 e. The summed E-state index contributed by atoms with van der Waals surface area (Å²) in [5.41, 5.74) is 0.430. The lowest BCUT2D eigenvalue weighted by Crippen LogP contribution is -2.30. The zero-order chi connectivity index (χ0) is 24.2. The molecule has 11 heteroatoms. The molecule has 180 valence electrons. The molecule has 1 amide bonds. The van der Waals surface area contributed by atoms with Crippen LogP contribution in [0, 0.1) is 0 Å². The molecule has 1 saturated heterocycles. The maximum absolute atomic E-state index is 12.9. The quantitative estimate of drug-likeness (QED) is 0.572. The Labute approximate surface area is 195 Å². The van der Waals surface area contributed by atoms with Crippen LogP contribution < -0.4 is 10.1 Å². The Balaban J connectivity index is 1.85. The molecule has 1 aliphatic rings. The molecule has 9 nitrogen and oxygen atoms in total. The van der Waals surface area contributed by atoms with Gasteiger partial charge in [-0.3, -0.25) is 4.79 Å². The number of sulfonamides is 2. The number of hydrogen-bond donors (Lipinski definition) is 1. The lowest BCUT2D eigenvalue weighted by Gasteiger charge is -2.19. The molecule has 0 unspecified atom stereocenters. The van der Waals surface area contributed by atoms with Crippen LogP contribution in [0.4, 0.5) is 5.69 Å². The number of ether oxygens (including phenoxy) is 1. The lowest BCUT2D eigenvalue weighted by molar-refractivity contribution is 0.102. The predicted octanol–water partition coefficient (Wildman–Crippen LogP) is 2.76. The third-order valence-corrected chi connectivity index (χ3v) is 9.54. The third-order valence-electron chi connectivity index (χ3n) is 5.58. The van der Waals surface area contributed by atoms with Gasteiger partial charge in [-0.2, -0.15) is 8.61 Å².